The maximum atomic E-state index is 12.0. The number of hydrogen-bond donors (Lipinski definition) is 3. The van der Waals surface area contributed by atoms with Crippen LogP contribution in [0, 0.1) is 5.92 Å². The number of carbonyl (C=O) groups excluding carboxylic acids is 1. The minimum absolute atomic E-state index is 0.111. The zero-order valence-corrected chi connectivity index (χ0v) is 13.6. The number of carboxylic acids is 1. The molecule has 2 unspecified atom stereocenters. The SMILES string of the molecule is CC(NS(=O)(=O)c1cccs1)C(=O)NC(CC1CC1)C(=O)O. The van der Waals surface area contributed by atoms with Crippen molar-refractivity contribution in [1.29, 1.82) is 0 Å². The van der Waals surface area contributed by atoms with E-state index in [4.69, 9.17) is 5.11 Å². The topological polar surface area (TPSA) is 113 Å². The highest BCUT2D eigenvalue weighted by Crippen LogP contribution is 2.33. The minimum atomic E-state index is -3.77. The molecule has 9 heteroatoms. The Morgan fingerprint density at radius 2 is 2.14 bits per heavy atom. The summed E-state index contributed by atoms with van der Waals surface area (Å²) in [6.07, 6.45) is 2.33. The summed E-state index contributed by atoms with van der Waals surface area (Å²) < 4.78 is 26.4. The van der Waals surface area contributed by atoms with Crippen molar-refractivity contribution in [3.63, 3.8) is 0 Å². The molecule has 3 N–H and O–H groups in total. The molecular weight excluding hydrogens is 328 g/mol. The molecule has 1 fully saturated rings. The van der Waals surface area contributed by atoms with Crippen LogP contribution in [0.5, 0.6) is 0 Å². The summed E-state index contributed by atoms with van der Waals surface area (Å²) in [5, 5.41) is 13.1. The van der Waals surface area contributed by atoms with Crippen LogP contribution < -0.4 is 10.0 Å². The van der Waals surface area contributed by atoms with Crippen LogP contribution in [0.1, 0.15) is 26.2 Å². The molecule has 0 aliphatic heterocycles. The summed E-state index contributed by atoms with van der Waals surface area (Å²) >= 11 is 1.04. The van der Waals surface area contributed by atoms with Crippen molar-refractivity contribution >= 4 is 33.2 Å². The molecule has 0 spiro atoms. The summed E-state index contributed by atoms with van der Waals surface area (Å²) in [4.78, 5) is 23.2. The van der Waals surface area contributed by atoms with Crippen molar-refractivity contribution < 1.29 is 23.1 Å². The van der Waals surface area contributed by atoms with Crippen LogP contribution in [0.2, 0.25) is 0 Å². The molecular formula is C13H18N2O5S2. The number of rotatable bonds is 8. The van der Waals surface area contributed by atoms with Gasteiger partial charge in [0.25, 0.3) is 10.0 Å². The second kappa shape index (κ2) is 6.76. The molecule has 2 rings (SSSR count). The second-order valence-corrected chi connectivity index (χ2v) is 8.24. The molecule has 1 amide bonds. The molecule has 0 radical (unpaired) electrons. The van der Waals surface area contributed by atoms with E-state index in [1.54, 1.807) is 11.4 Å². The van der Waals surface area contributed by atoms with Gasteiger partial charge in [-0.15, -0.1) is 11.3 Å². The summed E-state index contributed by atoms with van der Waals surface area (Å²) in [7, 11) is -3.77. The molecule has 1 aliphatic carbocycles. The van der Waals surface area contributed by atoms with Crippen LogP contribution in [0.4, 0.5) is 0 Å². The van der Waals surface area contributed by atoms with Gasteiger partial charge in [-0.05, 0) is 30.7 Å². The summed E-state index contributed by atoms with van der Waals surface area (Å²) in [5.41, 5.74) is 0. The Kier molecular flexibility index (Phi) is 5.20. The standard InChI is InChI=1S/C13H18N2O5S2/c1-8(15-22(19,20)11-3-2-6-21-11)12(16)14-10(13(17)18)7-9-4-5-9/h2-3,6,8-10,15H,4-5,7H2,1H3,(H,14,16)(H,17,18). The van der Waals surface area contributed by atoms with E-state index in [-0.39, 0.29) is 4.21 Å². The Balaban J connectivity index is 1.94. The van der Waals surface area contributed by atoms with Crippen molar-refractivity contribution in [3.8, 4) is 0 Å². The van der Waals surface area contributed by atoms with Gasteiger partial charge in [-0.25, -0.2) is 13.2 Å². The van der Waals surface area contributed by atoms with Gasteiger partial charge in [0.15, 0.2) is 0 Å². The van der Waals surface area contributed by atoms with E-state index in [1.165, 1.54) is 13.0 Å². The molecule has 7 nitrogen and oxygen atoms in total. The second-order valence-electron chi connectivity index (χ2n) is 5.35. The van der Waals surface area contributed by atoms with E-state index in [0.717, 1.165) is 24.2 Å². The Morgan fingerprint density at radius 3 is 2.64 bits per heavy atom. The highest BCUT2D eigenvalue weighted by atomic mass is 32.2. The number of sulfonamides is 1. The fourth-order valence-corrected chi connectivity index (χ4v) is 4.18. The van der Waals surface area contributed by atoms with Gasteiger partial charge in [0.2, 0.25) is 5.91 Å². The van der Waals surface area contributed by atoms with Crippen molar-refractivity contribution in [2.24, 2.45) is 5.92 Å². The third-order valence-corrected chi connectivity index (χ3v) is 6.30. The van der Waals surface area contributed by atoms with Gasteiger partial charge in [0.05, 0.1) is 6.04 Å². The number of thiophene rings is 1. The molecule has 1 aromatic rings. The fourth-order valence-electron chi connectivity index (χ4n) is 1.97. The van der Waals surface area contributed by atoms with Gasteiger partial charge in [-0.1, -0.05) is 18.9 Å². The molecule has 0 saturated heterocycles. The quantitative estimate of drug-likeness (QED) is 0.644. The van der Waals surface area contributed by atoms with E-state index in [2.05, 4.69) is 10.0 Å². The first-order chi connectivity index (χ1) is 10.3. The lowest BCUT2D eigenvalue weighted by Gasteiger charge is -2.18. The largest absolute Gasteiger partial charge is 0.480 e. The molecule has 1 aliphatic rings. The number of carboxylic acid groups (broad SMARTS) is 1. The predicted molar refractivity (Wildman–Crippen MR) is 81.0 cm³/mol. The number of hydrogen-bond acceptors (Lipinski definition) is 5. The lowest BCUT2D eigenvalue weighted by molar-refractivity contribution is -0.142. The Labute approximate surface area is 132 Å². The van der Waals surface area contributed by atoms with E-state index >= 15 is 0 Å². The lowest BCUT2D eigenvalue weighted by Crippen LogP contribution is -2.50. The van der Waals surface area contributed by atoms with Gasteiger partial charge in [0.1, 0.15) is 10.3 Å². The molecule has 1 heterocycles. The van der Waals surface area contributed by atoms with Gasteiger partial charge in [-0.3, -0.25) is 4.79 Å². The third kappa shape index (κ3) is 4.52. The first-order valence-electron chi connectivity index (χ1n) is 6.88. The van der Waals surface area contributed by atoms with Crippen LogP contribution in [-0.2, 0) is 19.6 Å². The average Bonchev–Trinajstić information content (AvgIpc) is 3.05. The van der Waals surface area contributed by atoms with Crippen LogP contribution in [-0.4, -0.2) is 37.5 Å². The summed E-state index contributed by atoms with van der Waals surface area (Å²) in [6, 6.07) is 1.01. The maximum Gasteiger partial charge on any atom is 0.326 e. The van der Waals surface area contributed by atoms with Crippen molar-refractivity contribution in [3.05, 3.63) is 17.5 Å². The highest BCUT2D eigenvalue weighted by Gasteiger charge is 2.32. The summed E-state index contributed by atoms with van der Waals surface area (Å²) in [5.74, 6) is -1.42. The number of aliphatic carboxylic acids is 1. The van der Waals surface area contributed by atoms with Crippen LogP contribution in [0.3, 0.4) is 0 Å². The van der Waals surface area contributed by atoms with Gasteiger partial charge in [-0.2, -0.15) is 4.72 Å². The van der Waals surface area contributed by atoms with Crippen LogP contribution in [0.25, 0.3) is 0 Å². The van der Waals surface area contributed by atoms with E-state index in [1.807, 2.05) is 0 Å². The number of amides is 1. The molecule has 1 aromatic heterocycles. The molecule has 0 aromatic carbocycles. The molecule has 22 heavy (non-hydrogen) atoms. The Bertz CT molecular complexity index is 637. The normalized spacial score (nSPS) is 17.7. The molecule has 1 saturated carbocycles. The Morgan fingerprint density at radius 1 is 1.45 bits per heavy atom. The number of nitrogens with one attached hydrogen (secondary N) is 2. The average molecular weight is 346 g/mol. The summed E-state index contributed by atoms with van der Waals surface area (Å²) in [6.45, 7) is 1.39. The van der Waals surface area contributed by atoms with Crippen molar-refractivity contribution in [2.75, 3.05) is 0 Å². The number of carbonyl (C=O) groups is 2. The monoisotopic (exact) mass is 346 g/mol. The molecule has 2 atom stereocenters. The highest BCUT2D eigenvalue weighted by molar-refractivity contribution is 7.91. The van der Waals surface area contributed by atoms with E-state index in [9.17, 15) is 18.0 Å². The van der Waals surface area contributed by atoms with E-state index in [0.29, 0.717) is 12.3 Å². The zero-order chi connectivity index (χ0) is 16.3. The predicted octanol–water partition coefficient (Wildman–Crippen LogP) is 0.784. The molecule has 122 valence electrons. The molecule has 0 bridgehead atoms. The smallest absolute Gasteiger partial charge is 0.326 e. The van der Waals surface area contributed by atoms with Gasteiger partial charge >= 0.3 is 5.97 Å². The van der Waals surface area contributed by atoms with E-state index < -0.39 is 34.0 Å². The van der Waals surface area contributed by atoms with Gasteiger partial charge < -0.3 is 10.4 Å². The first kappa shape index (κ1) is 16.9. The lowest BCUT2D eigenvalue weighted by atomic mass is 10.1. The fraction of sp³-hybridized carbons (Fsp3) is 0.538. The van der Waals surface area contributed by atoms with Crippen LogP contribution >= 0.6 is 11.3 Å². The third-order valence-electron chi connectivity index (χ3n) is 3.37. The van der Waals surface area contributed by atoms with Gasteiger partial charge in [0, 0.05) is 0 Å². The zero-order valence-electron chi connectivity index (χ0n) is 12.0. The maximum absolute atomic E-state index is 12.0. The van der Waals surface area contributed by atoms with Crippen molar-refractivity contribution in [1.82, 2.24) is 10.0 Å². The van der Waals surface area contributed by atoms with Crippen LogP contribution in [0.15, 0.2) is 21.7 Å². The Hall–Kier alpha value is -1.45. The van der Waals surface area contributed by atoms with Crippen molar-refractivity contribution in [2.45, 2.75) is 42.5 Å². The minimum Gasteiger partial charge on any atom is -0.480 e. The first-order valence-corrected chi connectivity index (χ1v) is 9.25.